The van der Waals surface area contributed by atoms with E-state index in [0.29, 0.717) is 0 Å². The van der Waals surface area contributed by atoms with Gasteiger partial charge in [0.2, 0.25) is 5.95 Å². The summed E-state index contributed by atoms with van der Waals surface area (Å²) in [4.78, 5) is 55.9. The monoisotopic (exact) mass is 690 g/mol. The number of nitrogens with two attached hydrogens (primary N) is 2. The highest BCUT2D eigenvalue weighted by molar-refractivity contribution is 7.47. The summed E-state index contributed by atoms with van der Waals surface area (Å²) >= 11 is 0. The van der Waals surface area contributed by atoms with Crippen molar-refractivity contribution < 1.29 is 56.0 Å². The van der Waals surface area contributed by atoms with E-state index in [4.69, 9.17) is 39.0 Å². The van der Waals surface area contributed by atoms with Crippen molar-refractivity contribution in [3.05, 3.63) is 29.3 Å². The van der Waals surface area contributed by atoms with Crippen LogP contribution in [-0.4, -0.2) is 103 Å². The molecule has 4 bridgehead atoms. The van der Waals surface area contributed by atoms with Gasteiger partial charge in [-0.1, -0.05) is 0 Å². The van der Waals surface area contributed by atoms with E-state index in [1.54, 1.807) is 0 Å². The van der Waals surface area contributed by atoms with Gasteiger partial charge in [-0.3, -0.25) is 37.0 Å². The second-order valence-electron chi connectivity index (χ2n) is 10.5. The maximum absolute atomic E-state index is 15.9. The van der Waals surface area contributed by atoms with Crippen molar-refractivity contribution in [3.8, 4) is 0 Å². The summed E-state index contributed by atoms with van der Waals surface area (Å²) in [6.45, 7) is 0.268. The molecule has 3 aliphatic rings. The Morgan fingerprint density at radius 2 is 1.61 bits per heavy atom. The number of halogens is 1. The van der Waals surface area contributed by atoms with Gasteiger partial charge < -0.3 is 35.8 Å². The number of fused-ring (bicyclic) bond motifs is 6. The summed E-state index contributed by atoms with van der Waals surface area (Å²) in [7, 11) is -10.4. The number of anilines is 2. The second-order valence-corrected chi connectivity index (χ2v) is 13.3. The number of alkyl halides is 1. The summed E-state index contributed by atoms with van der Waals surface area (Å²) in [6, 6.07) is 0. The van der Waals surface area contributed by atoms with Crippen molar-refractivity contribution in [2.24, 2.45) is 0 Å². The lowest BCUT2D eigenvalue weighted by molar-refractivity contribution is -0.0855. The van der Waals surface area contributed by atoms with Crippen molar-refractivity contribution in [1.29, 1.82) is 0 Å². The lowest BCUT2D eigenvalue weighted by atomic mass is 10.1. The normalized spacial score (nSPS) is 38.8. The average molecular weight is 690 g/mol. The van der Waals surface area contributed by atoms with Gasteiger partial charge in [0.05, 0.1) is 25.4 Å². The zero-order valence-electron chi connectivity index (χ0n) is 23.2. The number of aromatic amines is 1. The first-order chi connectivity index (χ1) is 21.7. The lowest BCUT2D eigenvalue weighted by Crippen LogP contribution is -2.40. The van der Waals surface area contributed by atoms with E-state index in [-0.39, 0.29) is 34.1 Å². The minimum atomic E-state index is -5.23. The molecule has 4 aromatic heterocycles. The Hall–Kier alpha value is -3.47. The fourth-order valence-corrected chi connectivity index (χ4v) is 7.60. The third kappa shape index (κ3) is 5.28. The van der Waals surface area contributed by atoms with Crippen LogP contribution in [-0.2, 0) is 36.7 Å². The number of aromatic nitrogens is 8. The molecule has 0 aliphatic carbocycles. The summed E-state index contributed by atoms with van der Waals surface area (Å²) in [5.41, 5.74) is 10.6. The van der Waals surface area contributed by atoms with E-state index in [1.165, 1.54) is 17.8 Å². The molecule has 11 atom stereocenters. The molecule has 7 heterocycles. The van der Waals surface area contributed by atoms with Crippen LogP contribution in [0, 0.1) is 0 Å². The van der Waals surface area contributed by atoms with Gasteiger partial charge in [0.15, 0.2) is 41.3 Å². The van der Waals surface area contributed by atoms with Crippen LogP contribution in [0.2, 0.25) is 0 Å². The number of nitrogens with one attached hydrogen (secondary N) is 1. The highest BCUT2D eigenvalue weighted by atomic mass is 31.2. The highest BCUT2D eigenvalue weighted by Crippen LogP contribution is 2.55. The van der Waals surface area contributed by atoms with Crippen LogP contribution in [0.4, 0.5) is 16.2 Å². The second kappa shape index (κ2) is 11.1. The summed E-state index contributed by atoms with van der Waals surface area (Å²) in [5.74, 6) is -0.315. The highest BCUT2D eigenvalue weighted by Gasteiger charge is 2.56. The molecule has 22 nitrogen and oxygen atoms in total. The molecule has 25 heteroatoms. The van der Waals surface area contributed by atoms with E-state index in [9.17, 15) is 28.8 Å². The van der Waals surface area contributed by atoms with Crippen molar-refractivity contribution in [1.82, 2.24) is 39.0 Å². The minimum Gasteiger partial charge on any atom is -0.387 e. The summed E-state index contributed by atoms with van der Waals surface area (Å²) in [6.07, 6.45) is -12.2. The van der Waals surface area contributed by atoms with Crippen molar-refractivity contribution >= 4 is 49.7 Å². The van der Waals surface area contributed by atoms with Crippen LogP contribution in [0.25, 0.3) is 22.3 Å². The number of imidazole rings is 2. The van der Waals surface area contributed by atoms with E-state index in [0.717, 1.165) is 17.2 Å². The predicted molar refractivity (Wildman–Crippen MR) is 147 cm³/mol. The van der Waals surface area contributed by atoms with E-state index in [2.05, 4.69) is 29.9 Å². The zero-order valence-corrected chi connectivity index (χ0v) is 25.0. The van der Waals surface area contributed by atoms with Crippen LogP contribution in [0.1, 0.15) is 19.4 Å². The Bertz CT molecular complexity index is 1980. The van der Waals surface area contributed by atoms with Crippen LogP contribution in [0.5, 0.6) is 0 Å². The molecule has 248 valence electrons. The fourth-order valence-electron chi connectivity index (χ4n) is 5.55. The molecule has 0 spiro atoms. The maximum Gasteiger partial charge on any atom is 0.473 e. The smallest absolute Gasteiger partial charge is 0.387 e. The largest absolute Gasteiger partial charge is 0.473 e. The van der Waals surface area contributed by atoms with Crippen LogP contribution in [0.15, 0.2) is 23.8 Å². The summed E-state index contributed by atoms with van der Waals surface area (Å²) < 4.78 is 77.2. The Balaban J connectivity index is 1.25. The maximum atomic E-state index is 15.9. The molecule has 8 N–H and O–H groups in total. The number of phosphoric acid groups is 2. The van der Waals surface area contributed by atoms with Gasteiger partial charge in [-0.2, -0.15) is 4.98 Å². The first-order valence-electron chi connectivity index (χ1n) is 13.4. The molecule has 3 aliphatic heterocycles. The molecular formula is C21H25FN10O12P2. The van der Waals surface area contributed by atoms with Crippen molar-refractivity contribution in [3.63, 3.8) is 0 Å². The fraction of sp³-hybridized carbons (Fsp3) is 0.524. The van der Waals surface area contributed by atoms with Gasteiger partial charge in [0.25, 0.3) is 5.56 Å². The standard InChI is InChI=1S/C21H25FN10O12P2/c1-6-12-11(33)14(20(41-12)31-4-27-9-15(23)25-3-26-16(9)31)44-45(35,36)39-2-7-8(22)13(43-46(37,38)42-6)19(40-7)32-5-28-10-17(32)29-21(24)30-18(10)34/h3-8,11-14,19-20,33H,2H2,1H3,(H,35,36)(H,37,38)(H2,23,25,26)(H3,24,29,30,34)/t6-,7-,8-,11-,12-,13-,14-,19-,20-/m1/s1. The quantitative estimate of drug-likeness (QED) is 0.138. The molecular weight excluding hydrogens is 665 g/mol. The Morgan fingerprint density at radius 3 is 2.37 bits per heavy atom. The third-order valence-electron chi connectivity index (χ3n) is 7.58. The Kier molecular flexibility index (Phi) is 7.49. The minimum absolute atomic E-state index is 0.00446. The number of aliphatic hydroxyl groups excluding tert-OH is 1. The molecule has 3 saturated heterocycles. The number of nitrogen functional groups attached to an aromatic ring is 2. The van der Waals surface area contributed by atoms with Gasteiger partial charge in [-0.15, -0.1) is 0 Å². The van der Waals surface area contributed by atoms with Crippen LogP contribution >= 0.6 is 15.6 Å². The van der Waals surface area contributed by atoms with E-state index < -0.39 is 83.1 Å². The molecule has 7 rings (SSSR count). The number of phosphoric ester groups is 2. The average Bonchev–Trinajstić information content (AvgIpc) is 3.73. The van der Waals surface area contributed by atoms with Gasteiger partial charge in [-0.05, 0) is 6.92 Å². The van der Waals surface area contributed by atoms with Crippen LogP contribution in [0.3, 0.4) is 0 Å². The molecule has 2 unspecified atom stereocenters. The van der Waals surface area contributed by atoms with Crippen molar-refractivity contribution in [2.45, 2.75) is 62.2 Å². The molecule has 0 saturated carbocycles. The molecule has 0 amide bonds. The lowest BCUT2D eigenvalue weighted by Gasteiger charge is -2.28. The molecule has 3 fully saturated rings. The number of hydrogen-bond donors (Lipinski definition) is 6. The topological polar surface area (TPSA) is 309 Å². The number of aliphatic hydroxyl groups is 1. The number of hydrogen-bond acceptors (Lipinski definition) is 17. The SMILES string of the molecule is C[C@H]1OP(=O)(O)O[C@@H]2[C@H](F)[C@@H](COP(=O)(O)O[C@@H]3[C@H](O)[C@@H]1O[C@H]3n1cnc3c(N)ncnc31)O[C@H]2n1cnc2c(=O)[nH]c(N)nc21. The van der Waals surface area contributed by atoms with Crippen molar-refractivity contribution in [2.75, 3.05) is 18.1 Å². The number of nitrogens with zero attached hydrogens (tertiary/aromatic N) is 7. The molecule has 0 aromatic carbocycles. The van der Waals surface area contributed by atoms with Crippen LogP contribution < -0.4 is 17.0 Å². The molecule has 46 heavy (non-hydrogen) atoms. The summed E-state index contributed by atoms with van der Waals surface area (Å²) in [5, 5.41) is 11.2. The van der Waals surface area contributed by atoms with E-state index >= 15 is 4.39 Å². The van der Waals surface area contributed by atoms with Gasteiger partial charge in [0, 0.05) is 0 Å². The zero-order chi connectivity index (χ0) is 32.7. The third-order valence-corrected chi connectivity index (χ3v) is 9.67. The first kappa shape index (κ1) is 31.1. The molecule has 0 radical (unpaired) electrons. The van der Waals surface area contributed by atoms with E-state index in [1.807, 2.05) is 0 Å². The Labute approximate surface area is 254 Å². The predicted octanol–water partition coefficient (Wildman–Crippen LogP) is -0.976. The molecule has 4 aromatic rings. The number of ether oxygens (including phenoxy) is 2. The number of rotatable bonds is 2. The Morgan fingerprint density at radius 1 is 0.935 bits per heavy atom. The van der Waals surface area contributed by atoms with Gasteiger partial charge >= 0.3 is 15.6 Å². The van der Waals surface area contributed by atoms with Gasteiger partial charge in [0.1, 0.15) is 42.4 Å². The van der Waals surface area contributed by atoms with Gasteiger partial charge in [-0.25, -0.2) is 33.5 Å². The first-order valence-corrected chi connectivity index (χ1v) is 16.4. The number of H-pyrrole nitrogens is 1.